The maximum absolute atomic E-state index is 12.3. The fourth-order valence-electron chi connectivity index (χ4n) is 3.36. The number of morpholine rings is 1. The number of carbonyl (C=O) groups excluding carboxylic acids is 1. The third kappa shape index (κ3) is 4.54. The van der Waals surface area contributed by atoms with Gasteiger partial charge in [-0.15, -0.1) is 11.3 Å². The van der Waals surface area contributed by atoms with Crippen LogP contribution >= 0.6 is 11.3 Å². The lowest BCUT2D eigenvalue weighted by Gasteiger charge is -2.36. The minimum Gasteiger partial charge on any atom is -0.379 e. The van der Waals surface area contributed by atoms with Crippen LogP contribution in [0.25, 0.3) is 0 Å². The maximum Gasteiger partial charge on any atom is 0.222 e. The van der Waals surface area contributed by atoms with Gasteiger partial charge in [-0.3, -0.25) is 9.69 Å². The molecule has 0 spiro atoms. The second-order valence-electron chi connectivity index (χ2n) is 6.32. The molecule has 1 amide bonds. The van der Waals surface area contributed by atoms with Gasteiger partial charge in [0.25, 0.3) is 0 Å². The van der Waals surface area contributed by atoms with E-state index in [2.05, 4.69) is 27.3 Å². The predicted molar refractivity (Wildman–Crippen MR) is 89.2 cm³/mol. The summed E-state index contributed by atoms with van der Waals surface area (Å²) in [6, 6.07) is 4.17. The summed E-state index contributed by atoms with van der Waals surface area (Å²) in [5.41, 5.74) is 0. The summed E-state index contributed by atoms with van der Waals surface area (Å²) in [6.07, 6.45) is 3.86. The second kappa shape index (κ2) is 8.09. The highest BCUT2D eigenvalue weighted by molar-refractivity contribution is 7.09. The molecular formula is C17H26N2O2S. The van der Waals surface area contributed by atoms with E-state index in [9.17, 15) is 4.79 Å². The number of rotatable bonds is 5. The number of thiophene rings is 1. The van der Waals surface area contributed by atoms with Gasteiger partial charge in [0, 0.05) is 44.0 Å². The van der Waals surface area contributed by atoms with Crippen molar-refractivity contribution in [2.45, 2.75) is 25.7 Å². The summed E-state index contributed by atoms with van der Waals surface area (Å²) in [7, 11) is 0. The molecule has 3 rings (SSSR count). The quantitative estimate of drug-likeness (QED) is 0.833. The zero-order valence-corrected chi connectivity index (χ0v) is 14.0. The minimum absolute atomic E-state index is 0.332. The molecule has 0 N–H and O–H groups in total. The van der Waals surface area contributed by atoms with Gasteiger partial charge < -0.3 is 9.64 Å². The Morgan fingerprint density at radius 2 is 2.00 bits per heavy atom. The molecule has 2 aliphatic heterocycles. The number of likely N-dealkylation sites (tertiary alicyclic amines) is 1. The predicted octanol–water partition coefficient (Wildman–Crippen LogP) is 2.25. The van der Waals surface area contributed by atoms with E-state index in [1.807, 2.05) is 0 Å². The average Bonchev–Trinajstić information content (AvgIpc) is 3.08. The topological polar surface area (TPSA) is 32.8 Å². The van der Waals surface area contributed by atoms with Crippen molar-refractivity contribution in [3.63, 3.8) is 0 Å². The number of nitrogens with zero attached hydrogens (tertiary/aromatic N) is 2. The molecule has 5 heteroatoms. The van der Waals surface area contributed by atoms with Crippen molar-refractivity contribution in [3.8, 4) is 0 Å². The summed E-state index contributed by atoms with van der Waals surface area (Å²) < 4.78 is 5.40. The van der Waals surface area contributed by atoms with Crippen LogP contribution in [-0.2, 0) is 16.0 Å². The Bertz CT molecular complexity index is 449. The van der Waals surface area contributed by atoms with Gasteiger partial charge in [0.05, 0.1) is 13.2 Å². The van der Waals surface area contributed by atoms with Crippen molar-refractivity contribution in [2.75, 3.05) is 45.9 Å². The van der Waals surface area contributed by atoms with E-state index < -0.39 is 0 Å². The molecule has 0 aliphatic carbocycles. The first-order chi connectivity index (χ1) is 10.8. The summed E-state index contributed by atoms with van der Waals surface area (Å²) >= 11 is 1.74. The summed E-state index contributed by atoms with van der Waals surface area (Å²) in [4.78, 5) is 18.2. The highest BCUT2D eigenvalue weighted by Gasteiger charge is 2.24. The van der Waals surface area contributed by atoms with Crippen molar-refractivity contribution in [2.24, 2.45) is 5.92 Å². The lowest BCUT2D eigenvalue weighted by molar-refractivity contribution is -0.132. The van der Waals surface area contributed by atoms with Crippen molar-refractivity contribution in [3.05, 3.63) is 22.4 Å². The molecule has 2 saturated heterocycles. The molecule has 1 aromatic heterocycles. The third-order valence-corrected chi connectivity index (χ3v) is 5.69. The number of amides is 1. The Hall–Kier alpha value is -0.910. The molecule has 0 bridgehead atoms. The highest BCUT2D eigenvalue weighted by atomic mass is 32.1. The van der Waals surface area contributed by atoms with Crippen molar-refractivity contribution < 1.29 is 9.53 Å². The number of carbonyl (C=O) groups is 1. The monoisotopic (exact) mass is 322 g/mol. The SMILES string of the molecule is O=C(CCc1cccs1)N1CCC(CN2CCOCC2)CC1. The Morgan fingerprint density at radius 1 is 1.23 bits per heavy atom. The van der Waals surface area contributed by atoms with Crippen LogP contribution in [0.4, 0.5) is 0 Å². The van der Waals surface area contributed by atoms with Crippen LogP contribution in [0.1, 0.15) is 24.1 Å². The van der Waals surface area contributed by atoms with Crippen LogP contribution in [0.5, 0.6) is 0 Å². The van der Waals surface area contributed by atoms with Crippen molar-refractivity contribution in [1.29, 1.82) is 0 Å². The van der Waals surface area contributed by atoms with Gasteiger partial charge >= 0.3 is 0 Å². The van der Waals surface area contributed by atoms with Crippen LogP contribution in [0, 0.1) is 5.92 Å². The Labute approximate surface area is 137 Å². The second-order valence-corrected chi connectivity index (χ2v) is 7.35. The lowest BCUT2D eigenvalue weighted by atomic mass is 9.95. The molecule has 122 valence electrons. The molecule has 4 nitrogen and oxygen atoms in total. The number of aryl methyl sites for hydroxylation is 1. The fourth-order valence-corrected chi connectivity index (χ4v) is 4.07. The number of ether oxygens (including phenoxy) is 1. The molecule has 0 aromatic carbocycles. The Balaban J connectivity index is 1.36. The first-order valence-corrected chi connectivity index (χ1v) is 9.29. The van der Waals surface area contributed by atoms with E-state index in [0.29, 0.717) is 12.3 Å². The van der Waals surface area contributed by atoms with E-state index in [1.165, 1.54) is 11.4 Å². The van der Waals surface area contributed by atoms with Crippen LogP contribution < -0.4 is 0 Å². The van der Waals surface area contributed by atoms with Crippen LogP contribution in [0.2, 0.25) is 0 Å². The number of piperidine rings is 1. The highest BCUT2D eigenvalue weighted by Crippen LogP contribution is 2.20. The van der Waals surface area contributed by atoms with Gasteiger partial charge in [-0.2, -0.15) is 0 Å². The standard InChI is InChI=1S/C17H26N2O2S/c20-17(4-3-16-2-1-13-22-16)19-7-5-15(6-8-19)14-18-9-11-21-12-10-18/h1-2,13,15H,3-12,14H2. The van der Waals surface area contributed by atoms with Crippen LogP contribution in [0.15, 0.2) is 17.5 Å². The smallest absolute Gasteiger partial charge is 0.222 e. The molecule has 0 saturated carbocycles. The van der Waals surface area contributed by atoms with Crippen LogP contribution in [0.3, 0.4) is 0 Å². The van der Waals surface area contributed by atoms with Gasteiger partial charge in [0.1, 0.15) is 0 Å². The lowest BCUT2D eigenvalue weighted by Crippen LogP contribution is -2.44. The molecule has 3 heterocycles. The Morgan fingerprint density at radius 3 is 2.68 bits per heavy atom. The molecule has 1 aromatic rings. The molecule has 0 atom stereocenters. The summed E-state index contributed by atoms with van der Waals surface area (Å²) in [6.45, 7) is 6.96. The van der Waals surface area contributed by atoms with Gasteiger partial charge in [-0.25, -0.2) is 0 Å². The summed E-state index contributed by atoms with van der Waals surface area (Å²) in [5, 5.41) is 2.08. The van der Waals surface area contributed by atoms with Gasteiger partial charge in [0.15, 0.2) is 0 Å². The fraction of sp³-hybridized carbons (Fsp3) is 0.706. The van der Waals surface area contributed by atoms with Gasteiger partial charge in [-0.1, -0.05) is 6.07 Å². The summed E-state index contributed by atoms with van der Waals surface area (Å²) in [5.74, 6) is 1.08. The zero-order chi connectivity index (χ0) is 15.2. The van der Waals surface area contributed by atoms with Gasteiger partial charge in [-0.05, 0) is 36.6 Å². The molecule has 2 aliphatic rings. The molecular weight excluding hydrogens is 296 g/mol. The number of hydrogen-bond donors (Lipinski definition) is 0. The normalized spacial score (nSPS) is 21.2. The van der Waals surface area contributed by atoms with Crippen LogP contribution in [-0.4, -0.2) is 61.6 Å². The Kier molecular flexibility index (Phi) is 5.87. The first-order valence-electron chi connectivity index (χ1n) is 8.41. The first kappa shape index (κ1) is 16.0. The van der Waals surface area contributed by atoms with E-state index in [4.69, 9.17) is 4.74 Å². The molecule has 2 fully saturated rings. The molecule has 0 unspecified atom stereocenters. The largest absolute Gasteiger partial charge is 0.379 e. The average molecular weight is 322 g/mol. The van der Waals surface area contributed by atoms with E-state index >= 15 is 0 Å². The van der Waals surface area contributed by atoms with E-state index in [0.717, 1.165) is 64.6 Å². The number of hydrogen-bond acceptors (Lipinski definition) is 4. The van der Waals surface area contributed by atoms with E-state index in [1.54, 1.807) is 11.3 Å². The van der Waals surface area contributed by atoms with Crippen molar-refractivity contribution in [1.82, 2.24) is 9.80 Å². The van der Waals surface area contributed by atoms with E-state index in [-0.39, 0.29) is 0 Å². The molecule has 22 heavy (non-hydrogen) atoms. The van der Waals surface area contributed by atoms with Crippen molar-refractivity contribution >= 4 is 17.2 Å². The maximum atomic E-state index is 12.3. The molecule has 0 radical (unpaired) electrons. The minimum atomic E-state index is 0.332. The zero-order valence-electron chi connectivity index (χ0n) is 13.2. The third-order valence-electron chi connectivity index (χ3n) is 4.75. The van der Waals surface area contributed by atoms with Gasteiger partial charge in [0.2, 0.25) is 5.91 Å².